The van der Waals surface area contributed by atoms with Crippen molar-refractivity contribution in [3.8, 4) is 0 Å². The smallest absolute Gasteiger partial charge is 0.408 e. The van der Waals surface area contributed by atoms with E-state index in [4.69, 9.17) is 9.47 Å². The van der Waals surface area contributed by atoms with Crippen molar-refractivity contribution < 1.29 is 38.9 Å². The Morgan fingerprint density at radius 3 is 1.69 bits per heavy atom. The number of aliphatic hydroxyl groups is 2. The Kier molecular flexibility index (Phi) is 15.0. The number of nitrogens with one attached hydrogen (secondary N) is 3. The van der Waals surface area contributed by atoms with E-state index in [9.17, 15) is 29.4 Å². The van der Waals surface area contributed by atoms with Crippen LogP contribution < -0.4 is 16.0 Å². The molecular weight excluding hydrogens is 652 g/mol. The van der Waals surface area contributed by atoms with Crippen molar-refractivity contribution >= 4 is 24.0 Å². The first-order chi connectivity index (χ1) is 24.1. The van der Waals surface area contributed by atoms with Crippen molar-refractivity contribution in [3.63, 3.8) is 0 Å². The van der Waals surface area contributed by atoms with Gasteiger partial charge in [0.05, 0.1) is 12.1 Å². The quantitative estimate of drug-likeness (QED) is 0.157. The number of hydrogen-bond acceptors (Lipinski definition) is 8. The monoisotopic (exact) mass is 704 g/mol. The lowest BCUT2D eigenvalue weighted by Crippen LogP contribution is -2.60. The van der Waals surface area contributed by atoms with E-state index in [-0.39, 0.29) is 25.4 Å². The standard InChI is InChI=1S/C39H52N4O8/c1-25(2)32(42-37(48)50-24-28-20-14-15-21-29(28)36(47)43(6)7)35(46)40-30(22-26-16-10-8-11-17-26)33(44)34(45)31(23-27-18-12-9-13-19-27)41-38(49)51-39(3,4)5/h8-21,25,30-34,44-45H,22-24H2,1-7H3,(H,40,46)(H,41,49)(H,42,48)/t30-,31?,32+,33-,34+/m1/s1. The van der Waals surface area contributed by atoms with Crippen molar-refractivity contribution in [3.05, 3.63) is 107 Å². The van der Waals surface area contributed by atoms with Crippen molar-refractivity contribution in [2.45, 2.75) is 90.0 Å². The van der Waals surface area contributed by atoms with Crippen LogP contribution in [0.15, 0.2) is 84.9 Å². The molecule has 0 aliphatic heterocycles. The third kappa shape index (κ3) is 13.0. The zero-order valence-corrected chi connectivity index (χ0v) is 30.5. The van der Waals surface area contributed by atoms with Gasteiger partial charge < -0.3 is 40.5 Å². The normalized spacial score (nSPS) is 14.3. The summed E-state index contributed by atoms with van der Waals surface area (Å²) >= 11 is 0. The van der Waals surface area contributed by atoms with Crippen molar-refractivity contribution in [1.82, 2.24) is 20.9 Å². The zero-order valence-electron chi connectivity index (χ0n) is 30.5. The molecule has 12 nitrogen and oxygen atoms in total. The van der Waals surface area contributed by atoms with Gasteiger partial charge in [-0.15, -0.1) is 0 Å². The molecule has 12 heteroatoms. The van der Waals surface area contributed by atoms with E-state index in [1.807, 2.05) is 60.7 Å². The predicted molar refractivity (Wildman–Crippen MR) is 194 cm³/mol. The number of carbonyl (C=O) groups excluding carboxylic acids is 4. The van der Waals surface area contributed by atoms with Crippen LogP contribution in [0.4, 0.5) is 9.59 Å². The van der Waals surface area contributed by atoms with Gasteiger partial charge in [0.15, 0.2) is 0 Å². The summed E-state index contributed by atoms with van der Waals surface area (Å²) < 4.78 is 10.9. The number of amides is 4. The number of carbonyl (C=O) groups is 4. The lowest BCUT2D eigenvalue weighted by molar-refractivity contribution is -0.126. The van der Waals surface area contributed by atoms with Crippen LogP contribution in [0.5, 0.6) is 0 Å². The molecule has 1 unspecified atom stereocenters. The lowest BCUT2D eigenvalue weighted by Gasteiger charge is -2.34. The minimum absolute atomic E-state index is 0.126. The molecule has 51 heavy (non-hydrogen) atoms. The molecule has 5 N–H and O–H groups in total. The highest BCUT2D eigenvalue weighted by Crippen LogP contribution is 2.18. The Morgan fingerprint density at radius 1 is 0.706 bits per heavy atom. The van der Waals surface area contributed by atoms with Crippen LogP contribution in [-0.4, -0.2) is 89.1 Å². The van der Waals surface area contributed by atoms with Gasteiger partial charge in [-0.1, -0.05) is 92.7 Å². The number of benzene rings is 3. The van der Waals surface area contributed by atoms with Crippen molar-refractivity contribution in [2.24, 2.45) is 5.92 Å². The van der Waals surface area contributed by atoms with Gasteiger partial charge in [-0.3, -0.25) is 9.59 Å². The molecule has 0 aromatic heterocycles. The first kappa shape index (κ1) is 40.5. The van der Waals surface area contributed by atoms with Crippen LogP contribution in [0.2, 0.25) is 0 Å². The van der Waals surface area contributed by atoms with Crippen molar-refractivity contribution in [1.29, 1.82) is 0 Å². The average Bonchev–Trinajstić information content (AvgIpc) is 3.08. The average molecular weight is 705 g/mol. The van der Waals surface area contributed by atoms with E-state index in [0.29, 0.717) is 11.1 Å². The molecule has 0 bridgehead atoms. The molecule has 0 aliphatic rings. The van der Waals surface area contributed by atoms with E-state index in [0.717, 1.165) is 11.1 Å². The van der Waals surface area contributed by atoms with Gasteiger partial charge in [0, 0.05) is 25.2 Å². The van der Waals surface area contributed by atoms with Crippen LogP contribution >= 0.6 is 0 Å². The molecule has 276 valence electrons. The van der Waals surface area contributed by atoms with Gasteiger partial charge >= 0.3 is 12.2 Å². The maximum atomic E-state index is 13.8. The Morgan fingerprint density at radius 2 is 1.20 bits per heavy atom. The van der Waals surface area contributed by atoms with Crippen molar-refractivity contribution in [2.75, 3.05) is 14.1 Å². The first-order valence-electron chi connectivity index (χ1n) is 17.0. The highest BCUT2D eigenvalue weighted by atomic mass is 16.6. The Labute approximate surface area is 300 Å². The molecule has 0 saturated heterocycles. The van der Waals surface area contributed by atoms with Crippen LogP contribution in [0.3, 0.4) is 0 Å². The van der Waals surface area contributed by atoms with Gasteiger partial charge in [0.25, 0.3) is 5.91 Å². The largest absolute Gasteiger partial charge is 0.445 e. The Balaban J connectivity index is 1.82. The van der Waals surface area contributed by atoms with E-state index in [2.05, 4.69) is 16.0 Å². The molecule has 0 fully saturated rings. The minimum atomic E-state index is -1.57. The lowest BCUT2D eigenvalue weighted by atomic mass is 9.90. The second-order valence-electron chi connectivity index (χ2n) is 14.0. The summed E-state index contributed by atoms with van der Waals surface area (Å²) in [5.41, 5.74) is 1.65. The maximum absolute atomic E-state index is 13.8. The molecule has 0 saturated carbocycles. The van der Waals surface area contributed by atoms with Gasteiger partial charge in [0.1, 0.15) is 30.5 Å². The second kappa shape index (κ2) is 18.9. The van der Waals surface area contributed by atoms with Gasteiger partial charge in [-0.2, -0.15) is 0 Å². The summed E-state index contributed by atoms with van der Waals surface area (Å²) in [5.74, 6) is -1.26. The van der Waals surface area contributed by atoms with E-state index in [1.54, 1.807) is 73.0 Å². The third-order valence-electron chi connectivity index (χ3n) is 8.04. The zero-order chi connectivity index (χ0) is 37.7. The Hall–Kier alpha value is -4.94. The van der Waals surface area contributed by atoms with Crippen LogP contribution in [0.25, 0.3) is 0 Å². The summed E-state index contributed by atoms with van der Waals surface area (Å²) in [7, 11) is 3.25. The summed E-state index contributed by atoms with van der Waals surface area (Å²) in [6.07, 6.45) is -4.47. The maximum Gasteiger partial charge on any atom is 0.408 e. The highest BCUT2D eigenvalue weighted by Gasteiger charge is 2.37. The molecule has 3 aromatic carbocycles. The molecule has 5 atom stereocenters. The third-order valence-corrected chi connectivity index (χ3v) is 8.04. The van der Waals surface area contributed by atoms with Crippen LogP contribution in [-0.2, 0) is 33.7 Å². The second-order valence-corrected chi connectivity index (χ2v) is 14.0. The molecule has 3 aromatic rings. The summed E-state index contributed by atoms with van der Waals surface area (Å²) in [6.45, 7) is 8.44. The molecule has 3 rings (SSSR count). The van der Waals surface area contributed by atoms with Crippen LogP contribution in [0, 0.1) is 5.92 Å². The minimum Gasteiger partial charge on any atom is -0.445 e. The number of ether oxygens (including phenoxy) is 2. The summed E-state index contributed by atoms with van der Waals surface area (Å²) in [4.78, 5) is 53.7. The topological polar surface area (TPSA) is 167 Å². The van der Waals surface area contributed by atoms with E-state index >= 15 is 0 Å². The summed E-state index contributed by atoms with van der Waals surface area (Å²) in [6, 6.07) is 21.9. The fourth-order valence-corrected chi connectivity index (χ4v) is 5.40. The number of hydrogen-bond donors (Lipinski definition) is 5. The molecule has 4 amide bonds. The Bertz CT molecular complexity index is 1580. The van der Waals surface area contributed by atoms with Crippen LogP contribution in [0.1, 0.15) is 61.7 Å². The predicted octanol–water partition coefficient (Wildman–Crippen LogP) is 4.22. The van der Waals surface area contributed by atoms with Gasteiger partial charge in [-0.25, -0.2) is 9.59 Å². The van der Waals surface area contributed by atoms with Gasteiger partial charge in [0.2, 0.25) is 5.91 Å². The number of alkyl carbamates (subject to hydrolysis) is 2. The number of nitrogens with zero attached hydrogens (tertiary/aromatic N) is 1. The van der Waals surface area contributed by atoms with E-state index < -0.39 is 59.9 Å². The molecule has 0 spiro atoms. The molecule has 0 aliphatic carbocycles. The summed E-state index contributed by atoms with van der Waals surface area (Å²) in [5, 5.41) is 31.5. The van der Waals surface area contributed by atoms with Gasteiger partial charge in [-0.05, 0) is 56.7 Å². The highest BCUT2D eigenvalue weighted by molar-refractivity contribution is 5.95. The number of aliphatic hydroxyl groups excluding tert-OH is 2. The fourth-order valence-electron chi connectivity index (χ4n) is 5.40. The molecular formula is C39H52N4O8. The fraction of sp³-hybridized carbons (Fsp3) is 0.436. The molecule has 0 radical (unpaired) electrons. The first-order valence-corrected chi connectivity index (χ1v) is 17.0. The van der Waals surface area contributed by atoms with E-state index in [1.165, 1.54) is 4.90 Å². The molecule has 0 heterocycles. The number of rotatable bonds is 15. The SMILES string of the molecule is CC(C)[C@H](NC(=O)OCc1ccccc1C(=O)N(C)C)C(=O)N[C@H](Cc1ccccc1)[C@@H](O)[C@@H](O)C(Cc1ccccc1)NC(=O)OC(C)(C)C.